The summed E-state index contributed by atoms with van der Waals surface area (Å²) in [5.74, 6) is 0.744. The summed E-state index contributed by atoms with van der Waals surface area (Å²) in [5, 5.41) is 3.42. The van der Waals surface area contributed by atoms with E-state index in [1.807, 2.05) is 24.4 Å². The summed E-state index contributed by atoms with van der Waals surface area (Å²) in [4.78, 5) is 13.0. The largest absolute Gasteiger partial charge is 0.378 e. The molecule has 1 aromatic carbocycles. The van der Waals surface area contributed by atoms with Gasteiger partial charge in [0.05, 0.1) is 0 Å². The first-order chi connectivity index (χ1) is 10.4. The first-order valence-corrected chi connectivity index (χ1v) is 8.12. The van der Waals surface area contributed by atoms with Crippen LogP contribution in [0, 0.1) is 5.92 Å². The van der Waals surface area contributed by atoms with Crippen molar-refractivity contribution in [2.45, 2.75) is 52.5 Å². The number of hydrogen-bond donors (Lipinski definition) is 1. The lowest BCUT2D eigenvalue weighted by Gasteiger charge is -2.30. The summed E-state index contributed by atoms with van der Waals surface area (Å²) in [6.07, 6.45) is 6.45. The maximum absolute atomic E-state index is 13.0. The molecule has 1 atom stereocenters. The molecule has 2 heteroatoms. The molecule has 118 valence electrons. The number of benzene rings is 1. The van der Waals surface area contributed by atoms with Crippen molar-refractivity contribution in [2.75, 3.05) is 0 Å². The van der Waals surface area contributed by atoms with Crippen molar-refractivity contribution in [3.63, 3.8) is 0 Å². The molecule has 0 amide bonds. The van der Waals surface area contributed by atoms with Crippen molar-refractivity contribution in [2.24, 2.45) is 5.92 Å². The molecule has 22 heavy (non-hydrogen) atoms. The van der Waals surface area contributed by atoms with Gasteiger partial charge in [-0.05, 0) is 38.2 Å². The van der Waals surface area contributed by atoms with Crippen LogP contribution in [0.3, 0.4) is 0 Å². The van der Waals surface area contributed by atoms with E-state index in [1.165, 1.54) is 11.1 Å². The Hall–Kier alpha value is -1.83. The molecule has 1 aliphatic rings. The van der Waals surface area contributed by atoms with Crippen LogP contribution in [0.5, 0.6) is 0 Å². The number of nitrogens with one attached hydrogen (secondary N) is 1. The highest BCUT2D eigenvalue weighted by molar-refractivity contribution is 6.05. The van der Waals surface area contributed by atoms with Gasteiger partial charge in [0.25, 0.3) is 0 Å². The quantitative estimate of drug-likeness (QED) is 0.787. The molecule has 0 saturated carbocycles. The molecular formula is C20H27NO. The number of hydrogen-bond acceptors (Lipinski definition) is 2. The molecule has 0 unspecified atom stereocenters. The van der Waals surface area contributed by atoms with Gasteiger partial charge in [-0.3, -0.25) is 4.79 Å². The van der Waals surface area contributed by atoms with Gasteiger partial charge >= 0.3 is 0 Å². The molecule has 0 spiro atoms. The van der Waals surface area contributed by atoms with E-state index in [-0.39, 0.29) is 5.78 Å². The van der Waals surface area contributed by atoms with Crippen molar-refractivity contribution in [1.82, 2.24) is 5.32 Å². The van der Waals surface area contributed by atoms with Gasteiger partial charge in [-0.25, -0.2) is 0 Å². The second-order valence-electron chi connectivity index (χ2n) is 6.97. The van der Waals surface area contributed by atoms with Crippen LogP contribution in [0.25, 0.3) is 0 Å². The summed E-state index contributed by atoms with van der Waals surface area (Å²) in [5.41, 5.74) is 2.89. The van der Waals surface area contributed by atoms with Crippen LogP contribution in [-0.4, -0.2) is 11.3 Å². The Labute approximate surface area is 134 Å². The minimum Gasteiger partial charge on any atom is -0.378 e. The second kappa shape index (κ2) is 6.95. The normalized spacial score (nSPS) is 20.8. The summed E-state index contributed by atoms with van der Waals surface area (Å²) in [6, 6.07) is 10.2. The minimum absolute atomic E-state index is 0.266. The van der Waals surface area contributed by atoms with Gasteiger partial charge in [-0.2, -0.15) is 0 Å². The molecule has 2 rings (SSSR count). The van der Waals surface area contributed by atoms with E-state index in [2.05, 4.69) is 51.2 Å². The number of rotatable bonds is 6. The average Bonchev–Trinajstić information content (AvgIpc) is 2.75. The van der Waals surface area contributed by atoms with E-state index in [0.717, 1.165) is 18.4 Å². The molecule has 1 aromatic rings. The zero-order valence-corrected chi connectivity index (χ0v) is 14.1. The number of carbonyl (C=O) groups is 1. The Morgan fingerprint density at radius 3 is 2.50 bits per heavy atom. The fraction of sp³-hybridized carbons (Fsp3) is 0.450. The van der Waals surface area contributed by atoms with Crippen molar-refractivity contribution in [1.29, 1.82) is 0 Å². The Morgan fingerprint density at radius 1 is 1.23 bits per heavy atom. The van der Waals surface area contributed by atoms with Gasteiger partial charge in [0.15, 0.2) is 5.78 Å². The summed E-state index contributed by atoms with van der Waals surface area (Å²) in [6.45, 7) is 8.52. The number of Topliss-reactive ketones (excluding diaryl/α,β-unsaturated/α-hetero) is 1. The average molecular weight is 297 g/mol. The van der Waals surface area contributed by atoms with E-state index >= 15 is 0 Å². The maximum Gasteiger partial charge on any atom is 0.186 e. The standard InChI is InChI=1S/C20H27NO/c1-15(2)10-11-20(13-16(3)4)19(22)18(14-21-20)12-17-8-6-5-7-9-17/h5-10,14,16,21H,11-13H2,1-4H3/t20-/m0/s1. The maximum atomic E-state index is 13.0. The highest BCUT2D eigenvalue weighted by Gasteiger charge is 2.42. The predicted octanol–water partition coefficient (Wildman–Crippen LogP) is 4.43. The first kappa shape index (κ1) is 16.5. The highest BCUT2D eigenvalue weighted by atomic mass is 16.1. The smallest absolute Gasteiger partial charge is 0.186 e. The molecular weight excluding hydrogens is 270 g/mol. The van der Waals surface area contributed by atoms with Crippen molar-refractivity contribution in [3.8, 4) is 0 Å². The molecule has 0 aromatic heterocycles. The van der Waals surface area contributed by atoms with Gasteiger partial charge in [-0.15, -0.1) is 0 Å². The zero-order valence-electron chi connectivity index (χ0n) is 14.1. The van der Waals surface area contributed by atoms with Crippen LogP contribution in [0.4, 0.5) is 0 Å². The fourth-order valence-electron chi connectivity index (χ4n) is 3.07. The molecule has 0 aliphatic carbocycles. The predicted molar refractivity (Wildman–Crippen MR) is 92.6 cm³/mol. The molecule has 0 saturated heterocycles. The lowest BCUT2D eigenvalue weighted by molar-refractivity contribution is -0.120. The van der Waals surface area contributed by atoms with E-state index in [4.69, 9.17) is 0 Å². The van der Waals surface area contributed by atoms with Crippen LogP contribution in [0.2, 0.25) is 0 Å². The zero-order chi connectivity index (χ0) is 16.2. The number of ketones is 1. The molecule has 1 heterocycles. The monoisotopic (exact) mass is 297 g/mol. The van der Waals surface area contributed by atoms with E-state index in [9.17, 15) is 4.79 Å². The molecule has 0 radical (unpaired) electrons. The van der Waals surface area contributed by atoms with Crippen molar-refractivity contribution < 1.29 is 4.79 Å². The SMILES string of the molecule is CC(C)=CC[C@@]1(CC(C)C)NC=C(Cc2ccccc2)C1=O. The molecule has 1 aliphatic heterocycles. The van der Waals surface area contributed by atoms with E-state index in [1.54, 1.807) is 0 Å². The minimum atomic E-state index is -0.449. The summed E-state index contributed by atoms with van der Waals surface area (Å²) >= 11 is 0. The van der Waals surface area contributed by atoms with E-state index < -0.39 is 5.54 Å². The second-order valence-corrected chi connectivity index (χ2v) is 6.97. The van der Waals surface area contributed by atoms with Crippen LogP contribution < -0.4 is 5.32 Å². The lowest BCUT2D eigenvalue weighted by atomic mass is 9.80. The van der Waals surface area contributed by atoms with Crippen LogP contribution in [0.15, 0.2) is 53.8 Å². The Morgan fingerprint density at radius 2 is 1.91 bits per heavy atom. The third kappa shape index (κ3) is 3.88. The third-order valence-electron chi connectivity index (χ3n) is 4.10. The Balaban J connectivity index is 2.17. The molecule has 0 fully saturated rings. The van der Waals surface area contributed by atoms with Gasteiger partial charge in [-0.1, -0.05) is 55.8 Å². The number of carbonyl (C=O) groups excluding carboxylic acids is 1. The van der Waals surface area contributed by atoms with Crippen LogP contribution >= 0.6 is 0 Å². The van der Waals surface area contributed by atoms with E-state index in [0.29, 0.717) is 12.3 Å². The Bertz CT molecular complexity index is 579. The third-order valence-corrected chi connectivity index (χ3v) is 4.10. The van der Waals surface area contributed by atoms with Gasteiger partial charge in [0.2, 0.25) is 0 Å². The van der Waals surface area contributed by atoms with Crippen LogP contribution in [0.1, 0.15) is 46.1 Å². The molecule has 2 nitrogen and oxygen atoms in total. The first-order valence-electron chi connectivity index (χ1n) is 8.12. The fourth-order valence-corrected chi connectivity index (χ4v) is 3.07. The highest BCUT2D eigenvalue weighted by Crippen LogP contribution is 2.31. The van der Waals surface area contributed by atoms with Crippen LogP contribution in [-0.2, 0) is 11.2 Å². The molecule has 1 N–H and O–H groups in total. The summed E-state index contributed by atoms with van der Waals surface area (Å²) in [7, 11) is 0. The number of allylic oxidation sites excluding steroid dienone is 1. The van der Waals surface area contributed by atoms with Crippen molar-refractivity contribution >= 4 is 5.78 Å². The topological polar surface area (TPSA) is 29.1 Å². The van der Waals surface area contributed by atoms with Gasteiger partial charge in [0, 0.05) is 18.2 Å². The summed E-state index contributed by atoms with van der Waals surface area (Å²) < 4.78 is 0. The molecule has 0 bridgehead atoms. The van der Waals surface area contributed by atoms with Gasteiger partial charge < -0.3 is 5.32 Å². The van der Waals surface area contributed by atoms with Gasteiger partial charge in [0.1, 0.15) is 5.54 Å². The lowest BCUT2D eigenvalue weighted by Crippen LogP contribution is -2.46. The Kier molecular flexibility index (Phi) is 5.23. The van der Waals surface area contributed by atoms with Crippen molar-refractivity contribution in [3.05, 3.63) is 59.3 Å².